The Balaban J connectivity index is 3.14. The van der Waals surface area contributed by atoms with Crippen LogP contribution in [0.4, 0.5) is 4.39 Å². The van der Waals surface area contributed by atoms with Crippen LogP contribution in [0.2, 0.25) is 0 Å². The Labute approximate surface area is 97.4 Å². The van der Waals surface area contributed by atoms with Gasteiger partial charge in [0.2, 0.25) is 0 Å². The summed E-state index contributed by atoms with van der Waals surface area (Å²) in [5.41, 5.74) is -0.293. The highest BCUT2D eigenvalue weighted by molar-refractivity contribution is 6.22. The van der Waals surface area contributed by atoms with Gasteiger partial charge in [0.05, 0.1) is 12.7 Å². The molecule has 0 heterocycles. The molecule has 0 spiro atoms. The molecule has 0 N–H and O–H groups in total. The number of esters is 1. The lowest BCUT2D eigenvalue weighted by atomic mass is 9.94. The average Bonchev–Trinajstić information content (AvgIpc) is 2.28. The fraction of sp³-hybridized carbons (Fsp3) is 0.250. The minimum absolute atomic E-state index is 0.293. The molecule has 1 rings (SSSR count). The smallest absolute Gasteiger partial charge is 0.324 e. The van der Waals surface area contributed by atoms with Gasteiger partial charge in [-0.2, -0.15) is 0 Å². The van der Waals surface area contributed by atoms with Crippen molar-refractivity contribution in [1.82, 2.24) is 0 Å². The Morgan fingerprint density at radius 1 is 1.24 bits per heavy atom. The van der Waals surface area contributed by atoms with Gasteiger partial charge < -0.3 is 4.74 Å². The van der Waals surface area contributed by atoms with Gasteiger partial charge in [0.25, 0.3) is 0 Å². The third-order valence-electron chi connectivity index (χ3n) is 2.24. The van der Waals surface area contributed by atoms with Crippen molar-refractivity contribution in [2.24, 2.45) is 5.92 Å². The van der Waals surface area contributed by atoms with E-state index < -0.39 is 29.3 Å². The van der Waals surface area contributed by atoms with Gasteiger partial charge in [-0.05, 0) is 19.1 Å². The van der Waals surface area contributed by atoms with Crippen LogP contribution in [0.5, 0.6) is 0 Å². The molecule has 0 aliphatic rings. The second-order valence-corrected chi connectivity index (χ2v) is 3.41. The fourth-order valence-electron chi connectivity index (χ4n) is 1.39. The molecule has 0 fully saturated rings. The molecule has 0 unspecified atom stereocenters. The van der Waals surface area contributed by atoms with Crippen molar-refractivity contribution in [2.45, 2.75) is 6.92 Å². The van der Waals surface area contributed by atoms with Gasteiger partial charge in [0.1, 0.15) is 5.82 Å². The van der Waals surface area contributed by atoms with Gasteiger partial charge in [-0.15, -0.1) is 0 Å². The lowest BCUT2D eigenvalue weighted by Crippen LogP contribution is -2.32. The van der Waals surface area contributed by atoms with E-state index in [1.54, 1.807) is 0 Å². The van der Waals surface area contributed by atoms with Crippen LogP contribution in [-0.2, 0) is 14.3 Å². The lowest BCUT2D eigenvalue weighted by Gasteiger charge is -2.10. The maximum absolute atomic E-state index is 13.3. The zero-order valence-electron chi connectivity index (χ0n) is 9.40. The molecule has 0 saturated heterocycles. The van der Waals surface area contributed by atoms with Crippen LogP contribution in [0.25, 0.3) is 0 Å². The first-order chi connectivity index (χ1) is 7.99. The van der Waals surface area contributed by atoms with Gasteiger partial charge >= 0.3 is 5.97 Å². The molecule has 0 aliphatic carbocycles. The molecular weight excluding hydrogens is 227 g/mol. The molecule has 17 heavy (non-hydrogen) atoms. The summed E-state index contributed by atoms with van der Waals surface area (Å²) in [5, 5.41) is 0. The predicted octanol–water partition coefficient (Wildman–Crippen LogP) is 1.39. The maximum atomic E-state index is 13.3. The summed E-state index contributed by atoms with van der Waals surface area (Å²) in [5.74, 6) is -4.91. The number of carbonyl (C=O) groups excluding carboxylic acids is 3. The summed E-state index contributed by atoms with van der Waals surface area (Å²) >= 11 is 0. The Bertz CT molecular complexity index is 467. The van der Waals surface area contributed by atoms with Gasteiger partial charge in [-0.25, -0.2) is 4.39 Å². The number of ether oxygens (including phenoxy) is 1. The number of carbonyl (C=O) groups is 3. The first-order valence-corrected chi connectivity index (χ1v) is 4.86. The van der Waals surface area contributed by atoms with E-state index in [4.69, 9.17) is 0 Å². The molecule has 0 aromatic heterocycles. The van der Waals surface area contributed by atoms with Crippen LogP contribution < -0.4 is 0 Å². The van der Waals surface area contributed by atoms with Crippen LogP contribution in [0.15, 0.2) is 24.3 Å². The normalized spacial score (nSPS) is 11.7. The molecule has 1 aromatic rings. The summed E-state index contributed by atoms with van der Waals surface area (Å²) in [7, 11) is 1.06. The quantitative estimate of drug-likeness (QED) is 0.451. The third-order valence-corrected chi connectivity index (χ3v) is 2.24. The highest BCUT2D eigenvalue weighted by Gasteiger charge is 2.34. The lowest BCUT2D eigenvalue weighted by molar-refractivity contribution is -0.146. The number of ketones is 2. The summed E-state index contributed by atoms with van der Waals surface area (Å²) in [6.07, 6.45) is 0. The highest BCUT2D eigenvalue weighted by Crippen LogP contribution is 2.15. The van der Waals surface area contributed by atoms with Crippen molar-refractivity contribution in [2.75, 3.05) is 7.11 Å². The topological polar surface area (TPSA) is 60.4 Å². The van der Waals surface area contributed by atoms with Crippen molar-refractivity contribution < 1.29 is 23.5 Å². The monoisotopic (exact) mass is 238 g/mol. The van der Waals surface area contributed by atoms with E-state index in [9.17, 15) is 18.8 Å². The second-order valence-electron chi connectivity index (χ2n) is 3.41. The molecule has 90 valence electrons. The van der Waals surface area contributed by atoms with Gasteiger partial charge in [0.15, 0.2) is 17.5 Å². The molecule has 0 radical (unpaired) electrons. The van der Waals surface area contributed by atoms with Gasteiger partial charge in [-0.1, -0.05) is 12.1 Å². The summed E-state index contributed by atoms with van der Waals surface area (Å²) in [6, 6.07) is 5.16. The zero-order chi connectivity index (χ0) is 13.0. The molecular formula is C12H11FO4. The van der Waals surface area contributed by atoms with E-state index in [1.165, 1.54) is 18.2 Å². The molecule has 4 nitrogen and oxygen atoms in total. The Morgan fingerprint density at radius 2 is 1.82 bits per heavy atom. The largest absolute Gasteiger partial charge is 0.468 e. The minimum Gasteiger partial charge on any atom is -0.468 e. The highest BCUT2D eigenvalue weighted by atomic mass is 19.1. The molecule has 1 atom stereocenters. The molecule has 0 amide bonds. The first-order valence-electron chi connectivity index (χ1n) is 4.86. The summed E-state index contributed by atoms with van der Waals surface area (Å²) < 4.78 is 17.7. The average molecular weight is 238 g/mol. The van der Waals surface area contributed by atoms with E-state index >= 15 is 0 Å². The predicted molar refractivity (Wildman–Crippen MR) is 56.9 cm³/mol. The number of hydrogen-bond acceptors (Lipinski definition) is 4. The molecule has 0 aliphatic heterocycles. The standard InChI is InChI=1S/C12H11FO4/c1-7(14)10(12(16)17-2)11(15)8-5-3-4-6-9(8)13/h3-6,10H,1-2H3/t10-/m1/s1. The van der Waals surface area contributed by atoms with Crippen molar-refractivity contribution >= 4 is 17.5 Å². The van der Waals surface area contributed by atoms with Gasteiger partial charge in [-0.3, -0.25) is 14.4 Å². The van der Waals surface area contributed by atoms with Crippen LogP contribution in [0, 0.1) is 11.7 Å². The Kier molecular flexibility index (Phi) is 4.09. The number of halogens is 1. The van der Waals surface area contributed by atoms with Crippen molar-refractivity contribution in [3.8, 4) is 0 Å². The minimum atomic E-state index is -1.60. The fourth-order valence-corrected chi connectivity index (χ4v) is 1.39. The maximum Gasteiger partial charge on any atom is 0.324 e. The number of hydrogen-bond donors (Lipinski definition) is 0. The number of benzene rings is 1. The Morgan fingerprint density at radius 3 is 2.29 bits per heavy atom. The summed E-state index contributed by atoms with van der Waals surface area (Å²) in [6.45, 7) is 1.08. The third kappa shape index (κ3) is 2.75. The van der Waals surface area contributed by atoms with Crippen molar-refractivity contribution in [3.63, 3.8) is 0 Å². The number of rotatable bonds is 4. The zero-order valence-corrected chi connectivity index (χ0v) is 9.40. The van der Waals surface area contributed by atoms with Crippen molar-refractivity contribution in [1.29, 1.82) is 0 Å². The van der Waals surface area contributed by atoms with E-state index in [0.717, 1.165) is 20.1 Å². The Hall–Kier alpha value is -2.04. The molecule has 5 heteroatoms. The molecule has 1 aromatic carbocycles. The number of methoxy groups -OCH3 is 1. The molecule has 0 bridgehead atoms. The molecule has 0 saturated carbocycles. The van der Waals surface area contributed by atoms with Crippen molar-refractivity contribution in [3.05, 3.63) is 35.6 Å². The van der Waals surface area contributed by atoms with Crippen LogP contribution in [0.1, 0.15) is 17.3 Å². The SMILES string of the molecule is COC(=O)[C@H](C(C)=O)C(=O)c1ccccc1F. The first kappa shape index (κ1) is 13.0. The van der Waals surface area contributed by atoms with Crippen LogP contribution in [0.3, 0.4) is 0 Å². The van der Waals surface area contributed by atoms with E-state index in [-0.39, 0.29) is 5.56 Å². The summed E-state index contributed by atoms with van der Waals surface area (Å²) in [4.78, 5) is 34.4. The van der Waals surface area contributed by atoms with E-state index in [2.05, 4.69) is 4.74 Å². The van der Waals surface area contributed by atoms with E-state index in [1.807, 2.05) is 0 Å². The second kappa shape index (κ2) is 5.34. The van der Waals surface area contributed by atoms with Crippen LogP contribution in [-0.4, -0.2) is 24.6 Å². The van der Waals surface area contributed by atoms with Crippen LogP contribution >= 0.6 is 0 Å². The number of Topliss-reactive ketones (excluding diaryl/α,β-unsaturated/α-hetero) is 2. The van der Waals surface area contributed by atoms with Gasteiger partial charge in [0, 0.05) is 0 Å². The van der Waals surface area contributed by atoms with E-state index in [0.29, 0.717) is 0 Å².